The predicted molar refractivity (Wildman–Crippen MR) is 352 cm³/mol. The van der Waals surface area contributed by atoms with E-state index >= 15 is 0 Å². The molecule has 1 aromatic heterocycles. The zero-order valence-corrected chi connectivity index (χ0v) is 47.2. The Labute approximate surface area is 486 Å². The van der Waals surface area contributed by atoms with Crippen molar-refractivity contribution >= 4 is 71.8 Å². The maximum atomic E-state index is 2.65. The fraction of sp³-hybridized carbons (Fsp3) is 0.100. The SMILES string of the molecule is CC1(C)c2cccc3c2-n2c4c1cc(-c1ccc(N(C5=CC=CCC5)c5ccc(-c6cccc7ccccc67)cc5)cc1)cc4c1cc(-c4ccc(N(c5ccccc5)c5ccc(-c6cccc7ccccc67)cc5)cc4)cc(c12)C3(C)C. The average molecular weight is 1060 g/mol. The summed E-state index contributed by atoms with van der Waals surface area (Å²) in [5.41, 5.74) is 25.8. The summed E-state index contributed by atoms with van der Waals surface area (Å²) in [6.45, 7) is 9.75. The number of nitrogens with zero attached hydrogens (tertiary/aromatic N) is 3. The molecule has 3 heterocycles. The van der Waals surface area contributed by atoms with E-state index in [0.717, 1.165) is 41.3 Å². The summed E-state index contributed by atoms with van der Waals surface area (Å²) in [6, 6.07) is 95.1. The van der Waals surface area contributed by atoms with Gasteiger partial charge < -0.3 is 14.4 Å². The van der Waals surface area contributed by atoms with Crippen LogP contribution in [0, 0.1) is 0 Å². The number of rotatable bonds is 10. The normalized spacial score (nSPS) is 14.4. The quantitative estimate of drug-likeness (QED) is 0.135. The minimum atomic E-state index is -0.246. The summed E-state index contributed by atoms with van der Waals surface area (Å²) in [7, 11) is 0. The lowest BCUT2D eigenvalue weighted by Crippen LogP contribution is -2.33. The van der Waals surface area contributed by atoms with Crippen molar-refractivity contribution in [1.29, 1.82) is 0 Å². The molecule has 2 aliphatic heterocycles. The van der Waals surface area contributed by atoms with Crippen LogP contribution in [0.5, 0.6) is 0 Å². The third-order valence-corrected chi connectivity index (χ3v) is 18.6. The van der Waals surface area contributed by atoms with Crippen molar-refractivity contribution < 1.29 is 0 Å². The smallest absolute Gasteiger partial charge is 0.0582 e. The highest BCUT2D eigenvalue weighted by atomic mass is 15.2. The monoisotopic (exact) mass is 1060 g/mol. The summed E-state index contributed by atoms with van der Waals surface area (Å²) in [5.74, 6) is 0. The van der Waals surface area contributed by atoms with Crippen LogP contribution in [-0.4, -0.2) is 4.57 Å². The summed E-state index contributed by atoms with van der Waals surface area (Å²) < 4.78 is 2.65. The fourth-order valence-corrected chi connectivity index (χ4v) is 14.3. The van der Waals surface area contributed by atoms with Gasteiger partial charge >= 0.3 is 0 Å². The van der Waals surface area contributed by atoms with Crippen molar-refractivity contribution in [2.75, 3.05) is 9.80 Å². The third-order valence-electron chi connectivity index (χ3n) is 18.6. The first-order valence-corrected chi connectivity index (χ1v) is 29.4. The summed E-state index contributed by atoms with van der Waals surface area (Å²) in [6.07, 6.45) is 8.76. The van der Waals surface area contributed by atoms with Crippen LogP contribution >= 0.6 is 0 Å². The first-order valence-electron chi connectivity index (χ1n) is 29.4. The molecule has 0 saturated heterocycles. The number of fused-ring (bicyclic) bond motifs is 3. The standard InChI is InChI=1S/C80H61N3/c1-79(2)72-30-17-31-73-78(72)83-76-70(48-58(50-74(76)79)52-32-40-62(41-33-52)81(60-22-7-5-8-23-60)64-44-36-56(37-45-64)68-28-15-20-54-18-11-13-26-66(54)68)71-49-59(51-75(77(71)83)80(73,3)4)53-34-42-63(43-35-53)82(61-24-9-6-10-25-61)65-46-38-57(39-47-65)69-29-16-21-55-19-12-14-27-67(55)69/h5-9,11-24,26-51H,10,25H2,1-4H3. The van der Waals surface area contributed by atoms with Crippen molar-refractivity contribution in [3.63, 3.8) is 0 Å². The molecule has 16 rings (SSSR count). The molecule has 3 nitrogen and oxygen atoms in total. The summed E-state index contributed by atoms with van der Waals surface area (Å²) >= 11 is 0. The second-order valence-electron chi connectivity index (χ2n) is 24.0. The Balaban J connectivity index is 0.799. The molecule has 0 amide bonds. The number of benzene rings is 12. The van der Waals surface area contributed by atoms with E-state index in [4.69, 9.17) is 0 Å². The largest absolute Gasteiger partial charge is 0.314 e. The van der Waals surface area contributed by atoms with E-state index in [9.17, 15) is 0 Å². The molecular formula is C80H61N3. The van der Waals surface area contributed by atoms with Gasteiger partial charge in [0.15, 0.2) is 0 Å². The molecule has 0 atom stereocenters. The Morgan fingerprint density at radius 3 is 1.22 bits per heavy atom. The molecule has 0 N–H and O–H groups in total. The number of aromatic nitrogens is 1. The van der Waals surface area contributed by atoms with Crippen LogP contribution < -0.4 is 9.80 Å². The lowest BCUT2D eigenvalue weighted by Gasteiger charge is -2.42. The second kappa shape index (κ2) is 18.8. The molecular weight excluding hydrogens is 1000 g/mol. The van der Waals surface area contributed by atoms with E-state index in [1.807, 2.05) is 0 Å². The van der Waals surface area contributed by atoms with Crippen LogP contribution in [0.3, 0.4) is 0 Å². The van der Waals surface area contributed by atoms with Crippen LogP contribution in [0.2, 0.25) is 0 Å². The Kier molecular flexibility index (Phi) is 11.1. The van der Waals surface area contributed by atoms with Crippen LogP contribution in [0.4, 0.5) is 28.4 Å². The molecule has 3 aliphatic rings. The molecule has 396 valence electrons. The van der Waals surface area contributed by atoms with Crippen molar-refractivity contribution in [2.24, 2.45) is 0 Å². The molecule has 83 heavy (non-hydrogen) atoms. The Morgan fingerprint density at radius 1 is 0.337 bits per heavy atom. The van der Waals surface area contributed by atoms with Gasteiger partial charge in [0.2, 0.25) is 0 Å². The number of hydrogen-bond donors (Lipinski definition) is 0. The molecule has 0 spiro atoms. The Morgan fingerprint density at radius 2 is 0.747 bits per heavy atom. The molecule has 1 aliphatic carbocycles. The first-order chi connectivity index (χ1) is 40.7. The minimum absolute atomic E-state index is 0.243. The van der Waals surface area contributed by atoms with Gasteiger partial charge in [-0.2, -0.15) is 0 Å². The fourth-order valence-electron chi connectivity index (χ4n) is 14.3. The minimum Gasteiger partial charge on any atom is -0.314 e. The lowest BCUT2D eigenvalue weighted by molar-refractivity contribution is 0.594. The Hall–Kier alpha value is -9.96. The molecule has 3 heteroatoms. The molecule has 0 unspecified atom stereocenters. The van der Waals surface area contributed by atoms with Crippen LogP contribution in [0.15, 0.2) is 279 Å². The number of allylic oxidation sites excluding steroid dienone is 4. The maximum Gasteiger partial charge on any atom is 0.0582 e. The van der Waals surface area contributed by atoms with E-state index in [-0.39, 0.29) is 10.8 Å². The molecule has 0 saturated carbocycles. The van der Waals surface area contributed by atoms with E-state index < -0.39 is 0 Å². The van der Waals surface area contributed by atoms with E-state index in [0.29, 0.717) is 0 Å². The van der Waals surface area contributed by atoms with Gasteiger partial charge in [-0.05, 0) is 192 Å². The van der Waals surface area contributed by atoms with Gasteiger partial charge in [0.1, 0.15) is 0 Å². The Bertz CT molecular complexity index is 4790. The van der Waals surface area contributed by atoms with Gasteiger partial charge in [-0.1, -0.05) is 210 Å². The summed E-state index contributed by atoms with van der Waals surface area (Å²) in [5, 5.41) is 7.65. The lowest BCUT2D eigenvalue weighted by atomic mass is 9.68. The first kappa shape index (κ1) is 48.9. The zero-order valence-electron chi connectivity index (χ0n) is 47.2. The average Bonchev–Trinajstić information content (AvgIpc) is 2.63. The molecule has 0 fully saturated rings. The third kappa shape index (κ3) is 7.71. The van der Waals surface area contributed by atoms with Gasteiger partial charge in [0.05, 0.1) is 16.7 Å². The van der Waals surface area contributed by atoms with Crippen LogP contribution in [-0.2, 0) is 10.8 Å². The topological polar surface area (TPSA) is 11.4 Å². The van der Waals surface area contributed by atoms with Crippen LogP contribution in [0.1, 0.15) is 62.8 Å². The summed E-state index contributed by atoms with van der Waals surface area (Å²) in [4.78, 5) is 4.82. The van der Waals surface area contributed by atoms with Gasteiger partial charge in [-0.15, -0.1) is 0 Å². The van der Waals surface area contributed by atoms with E-state index in [2.05, 4.69) is 315 Å². The number of anilines is 5. The highest BCUT2D eigenvalue weighted by Gasteiger charge is 2.44. The van der Waals surface area contributed by atoms with E-state index in [1.165, 1.54) is 121 Å². The van der Waals surface area contributed by atoms with Crippen molar-refractivity contribution in [2.45, 2.75) is 51.4 Å². The molecule has 12 aromatic carbocycles. The van der Waals surface area contributed by atoms with Gasteiger partial charge in [-0.25, -0.2) is 0 Å². The predicted octanol–water partition coefficient (Wildman–Crippen LogP) is 21.9. The maximum absolute atomic E-state index is 2.65. The van der Waals surface area contributed by atoms with Gasteiger partial charge in [-0.3, -0.25) is 0 Å². The van der Waals surface area contributed by atoms with Gasteiger partial charge in [0, 0.05) is 55.7 Å². The highest BCUT2D eigenvalue weighted by molar-refractivity contribution is 6.16. The van der Waals surface area contributed by atoms with Crippen molar-refractivity contribution in [1.82, 2.24) is 4.57 Å². The molecule has 13 aromatic rings. The van der Waals surface area contributed by atoms with Crippen molar-refractivity contribution in [3.8, 4) is 50.2 Å². The zero-order chi connectivity index (χ0) is 55.6. The highest BCUT2D eigenvalue weighted by Crippen LogP contribution is 2.57. The van der Waals surface area contributed by atoms with E-state index in [1.54, 1.807) is 0 Å². The van der Waals surface area contributed by atoms with Gasteiger partial charge in [0.25, 0.3) is 0 Å². The second-order valence-corrected chi connectivity index (χ2v) is 24.0. The molecule has 0 radical (unpaired) electrons. The van der Waals surface area contributed by atoms with Crippen LogP contribution in [0.25, 0.3) is 93.5 Å². The molecule has 0 bridgehead atoms. The number of para-hydroxylation sites is 2. The van der Waals surface area contributed by atoms with Crippen molar-refractivity contribution in [3.05, 3.63) is 301 Å². The number of hydrogen-bond acceptors (Lipinski definition) is 2.